The van der Waals surface area contributed by atoms with E-state index in [9.17, 15) is 0 Å². The molecule has 0 amide bonds. The molecule has 0 bridgehead atoms. The van der Waals surface area contributed by atoms with Crippen LogP contribution in [0, 0.1) is 13.8 Å². The van der Waals surface area contributed by atoms with Gasteiger partial charge in [0.05, 0.1) is 28.1 Å². The van der Waals surface area contributed by atoms with E-state index >= 15 is 0 Å². The number of hydrogen-bond donors (Lipinski definition) is 1. The number of halogens is 2. The first-order chi connectivity index (χ1) is 8.99. The van der Waals surface area contributed by atoms with Crippen molar-refractivity contribution in [2.45, 2.75) is 26.8 Å². The molecule has 0 aliphatic heterocycles. The van der Waals surface area contributed by atoms with Crippen molar-refractivity contribution in [2.75, 3.05) is 5.32 Å². The van der Waals surface area contributed by atoms with Crippen molar-refractivity contribution in [3.63, 3.8) is 0 Å². The minimum absolute atomic E-state index is 0.00460. The maximum atomic E-state index is 6.22. The normalized spacial score (nSPS) is 12.3. The highest BCUT2D eigenvalue weighted by atomic mass is 35.5. The van der Waals surface area contributed by atoms with Gasteiger partial charge in [-0.1, -0.05) is 23.2 Å². The van der Waals surface area contributed by atoms with Gasteiger partial charge in [-0.05, 0) is 38.5 Å². The van der Waals surface area contributed by atoms with Gasteiger partial charge in [0.15, 0.2) is 0 Å². The van der Waals surface area contributed by atoms with E-state index in [1.807, 2.05) is 32.9 Å². The van der Waals surface area contributed by atoms with Gasteiger partial charge in [-0.25, -0.2) is 0 Å². The summed E-state index contributed by atoms with van der Waals surface area (Å²) in [5.41, 5.74) is 3.56. The number of aromatic nitrogens is 2. The fourth-order valence-electron chi connectivity index (χ4n) is 1.90. The molecule has 0 saturated heterocycles. The van der Waals surface area contributed by atoms with Gasteiger partial charge in [-0.15, -0.1) is 0 Å². The van der Waals surface area contributed by atoms with E-state index in [4.69, 9.17) is 23.2 Å². The molecule has 2 rings (SSSR count). The first-order valence-corrected chi connectivity index (χ1v) is 6.74. The zero-order valence-electron chi connectivity index (χ0n) is 11.0. The maximum Gasteiger partial charge on any atom is 0.0835 e. The Bertz CT molecular complexity index is 599. The Kier molecular flexibility index (Phi) is 4.27. The molecule has 0 fully saturated rings. The van der Waals surface area contributed by atoms with Crippen LogP contribution in [0.1, 0.15) is 29.9 Å². The zero-order valence-corrected chi connectivity index (χ0v) is 12.5. The van der Waals surface area contributed by atoms with Crippen molar-refractivity contribution in [3.8, 4) is 0 Å². The smallest absolute Gasteiger partial charge is 0.0835 e. The van der Waals surface area contributed by atoms with Gasteiger partial charge in [0.1, 0.15) is 0 Å². The quantitative estimate of drug-likeness (QED) is 0.901. The van der Waals surface area contributed by atoms with Gasteiger partial charge < -0.3 is 5.32 Å². The first-order valence-electron chi connectivity index (χ1n) is 5.98. The number of hydrogen-bond acceptors (Lipinski definition) is 3. The monoisotopic (exact) mass is 295 g/mol. The average molecular weight is 296 g/mol. The average Bonchev–Trinajstić information content (AvgIpc) is 2.36. The van der Waals surface area contributed by atoms with Gasteiger partial charge >= 0.3 is 0 Å². The Labute approximate surface area is 123 Å². The third kappa shape index (κ3) is 3.17. The number of rotatable bonds is 3. The van der Waals surface area contributed by atoms with Crippen LogP contribution < -0.4 is 5.32 Å². The van der Waals surface area contributed by atoms with Crippen LogP contribution >= 0.6 is 23.2 Å². The molecule has 19 heavy (non-hydrogen) atoms. The second-order valence-electron chi connectivity index (χ2n) is 4.47. The number of anilines is 1. The lowest BCUT2D eigenvalue weighted by Gasteiger charge is -2.17. The minimum Gasteiger partial charge on any atom is -0.376 e. The number of nitrogens with zero attached hydrogens (tertiary/aromatic N) is 2. The second-order valence-corrected chi connectivity index (χ2v) is 5.29. The third-order valence-corrected chi connectivity index (χ3v) is 3.67. The lowest BCUT2D eigenvalue weighted by atomic mass is 10.1. The van der Waals surface area contributed by atoms with Crippen LogP contribution in [0.2, 0.25) is 10.0 Å². The van der Waals surface area contributed by atoms with Crippen molar-refractivity contribution in [1.82, 2.24) is 9.97 Å². The van der Waals surface area contributed by atoms with Gasteiger partial charge in [0.2, 0.25) is 0 Å². The maximum absolute atomic E-state index is 6.22. The van der Waals surface area contributed by atoms with Crippen LogP contribution in [0.15, 0.2) is 24.5 Å². The molecule has 0 spiro atoms. The molecule has 1 unspecified atom stereocenters. The zero-order chi connectivity index (χ0) is 14.0. The van der Waals surface area contributed by atoms with Crippen molar-refractivity contribution in [2.24, 2.45) is 0 Å². The summed E-state index contributed by atoms with van der Waals surface area (Å²) in [5.74, 6) is 0. The van der Waals surface area contributed by atoms with Crippen molar-refractivity contribution in [3.05, 3.63) is 51.5 Å². The predicted molar refractivity (Wildman–Crippen MR) is 80.0 cm³/mol. The number of aryl methyl sites for hydroxylation is 2. The Balaban J connectivity index is 2.27. The molecule has 0 saturated carbocycles. The molecular weight excluding hydrogens is 281 g/mol. The Morgan fingerprint density at radius 3 is 2.42 bits per heavy atom. The fourth-order valence-corrected chi connectivity index (χ4v) is 2.34. The molecule has 1 atom stereocenters. The lowest BCUT2D eigenvalue weighted by molar-refractivity contribution is 0.810. The molecule has 5 heteroatoms. The van der Waals surface area contributed by atoms with E-state index in [1.54, 1.807) is 12.4 Å². The summed E-state index contributed by atoms with van der Waals surface area (Å²) in [6.45, 7) is 5.87. The molecule has 0 radical (unpaired) electrons. The molecule has 100 valence electrons. The van der Waals surface area contributed by atoms with Crippen molar-refractivity contribution >= 4 is 28.9 Å². The van der Waals surface area contributed by atoms with E-state index in [0.29, 0.717) is 10.0 Å². The van der Waals surface area contributed by atoms with Gasteiger partial charge in [-0.2, -0.15) is 0 Å². The summed E-state index contributed by atoms with van der Waals surface area (Å²) in [6.07, 6.45) is 3.37. The second kappa shape index (κ2) is 5.76. The standard InChI is InChI=1S/C14H15Cl2N3/c1-8-6-12(16)13(7-11(8)15)19-10(3)14-9(2)17-4-5-18-14/h4-7,10,19H,1-3H3. The summed E-state index contributed by atoms with van der Waals surface area (Å²) >= 11 is 12.3. The Morgan fingerprint density at radius 1 is 1.05 bits per heavy atom. The molecular formula is C14H15Cl2N3. The Morgan fingerprint density at radius 2 is 1.74 bits per heavy atom. The summed E-state index contributed by atoms with van der Waals surface area (Å²) in [4.78, 5) is 8.58. The molecule has 3 nitrogen and oxygen atoms in total. The SMILES string of the molecule is Cc1cc(Cl)c(NC(C)c2nccnc2C)cc1Cl. The molecule has 2 aromatic rings. The topological polar surface area (TPSA) is 37.8 Å². The largest absolute Gasteiger partial charge is 0.376 e. The molecule has 0 aliphatic carbocycles. The van der Waals surface area contributed by atoms with Crippen LogP contribution in [0.4, 0.5) is 5.69 Å². The third-order valence-electron chi connectivity index (χ3n) is 2.95. The summed E-state index contributed by atoms with van der Waals surface area (Å²) in [7, 11) is 0. The van der Waals surface area contributed by atoms with Gasteiger partial charge in [-0.3, -0.25) is 9.97 Å². The van der Waals surface area contributed by atoms with E-state index in [2.05, 4.69) is 15.3 Å². The molecule has 1 heterocycles. The van der Waals surface area contributed by atoms with Crippen LogP contribution in [-0.2, 0) is 0 Å². The predicted octanol–water partition coefficient (Wildman–Crippen LogP) is 4.57. The number of nitrogens with one attached hydrogen (secondary N) is 1. The summed E-state index contributed by atoms with van der Waals surface area (Å²) in [6, 6.07) is 3.69. The molecule has 1 N–H and O–H groups in total. The van der Waals surface area contributed by atoms with Crippen LogP contribution in [0.5, 0.6) is 0 Å². The fraction of sp³-hybridized carbons (Fsp3) is 0.286. The minimum atomic E-state index is 0.00460. The van der Waals surface area contributed by atoms with Crippen LogP contribution in [-0.4, -0.2) is 9.97 Å². The Hall–Kier alpha value is -1.32. The van der Waals surface area contributed by atoms with Crippen molar-refractivity contribution < 1.29 is 0 Å². The molecule has 1 aromatic heterocycles. The first kappa shape index (κ1) is 14.1. The summed E-state index contributed by atoms with van der Waals surface area (Å²) in [5, 5.41) is 4.65. The molecule has 0 aliphatic rings. The van der Waals surface area contributed by atoms with Crippen molar-refractivity contribution in [1.29, 1.82) is 0 Å². The van der Waals surface area contributed by atoms with E-state index in [0.717, 1.165) is 22.6 Å². The van der Waals surface area contributed by atoms with Crippen LogP contribution in [0.3, 0.4) is 0 Å². The highest BCUT2D eigenvalue weighted by Crippen LogP contribution is 2.31. The van der Waals surface area contributed by atoms with Crippen LogP contribution in [0.25, 0.3) is 0 Å². The van der Waals surface area contributed by atoms with E-state index in [-0.39, 0.29) is 6.04 Å². The lowest BCUT2D eigenvalue weighted by Crippen LogP contribution is -2.11. The van der Waals surface area contributed by atoms with Gasteiger partial charge in [0.25, 0.3) is 0 Å². The molecule has 1 aromatic carbocycles. The summed E-state index contributed by atoms with van der Waals surface area (Å²) < 4.78 is 0. The van der Waals surface area contributed by atoms with Gasteiger partial charge in [0, 0.05) is 17.4 Å². The number of benzene rings is 1. The van der Waals surface area contributed by atoms with E-state index in [1.165, 1.54) is 0 Å². The van der Waals surface area contributed by atoms with E-state index < -0.39 is 0 Å². The highest BCUT2D eigenvalue weighted by molar-refractivity contribution is 6.35. The highest BCUT2D eigenvalue weighted by Gasteiger charge is 2.13.